The zero-order chi connectivity index (χ0) is 15.0. The topological polar surface area (TPSA) is 23.5 Å². The van der Waals surface area contributed by atoms with Gasteiger partial charge >= 0.3 is 0 Å². The van der Waals surface area contributed by atoms with Gasteiger partial charge in [-0.15, -0.1) is 0 Å². The smallest absolute Gasteiger partial charge is 0.181 e. The van der Waals surface area contributed by atoms with Crippen LogP contribution in [0, 0.1) is 0 Å². The molecule has 0 spiro atoms. The highest BCUT2D eigenvalue weighted by Crippen LogP contribution is 2.47. The van der Waals surface area contributed by atoms with Gasteiger partial charge in [0.25, 0.3) is 0 Å². The average molecular weight is 336 g/mol. The number of halogens is 1. The van der Waals surface area contributed by atoms with Crippen LogP contribution in [0.4, 0.5) is 5.69 Å². The summed E-state index contributed by atoms with van der Waals surface area (Å²) in [6, 6.07) is 17.0. The molecule has 1 aliphatic heterocycles. The lowest BCUT2D eigenvalue weighted by Gasteiger charge is -2.37. The Morgan fingerprint density at radius 2 is 1.76 bits per heavy atom. The predicted molar refractivity (Wildman–Crippen MR) is 93.9 cm³/mol. The van der Waals surface area contributed by atoms with Gasteiger partial charge in [0.05, 0.1) is 5.25 Å². The minimum absolute atomic E-state index is 0.0774. The second-order valence-corrected chi connectivity index (χ2v) is 7.34. The Labute approximate surface area is 138 Å². The van der Waals surface area contributed by atoms with Crippen molar-refractivity contribution in [1.29, 1.82) is 0 Å². The Morgan fingerprint density at radius 1 is 1.14 bits per heavy atom. The summed E-state index contributed by atoms with van der Waals surface area (Å²) in [4.78, 5) is 1.82. The number of hydrogen-bond acceptors (Lipinski definition) is 3. The number of aliphatic hydroxyl groups is 1. The molecule has 2 atom stereocenters. The molecule has 21 heavy (non-hydrogen) atoms. The molecule has 1 heterocycles. The molecule has 0 aromatic heterocycles. The SMILES string of the molecule is CC1SC(=S)N(c2ccccc2)C1(O)c1ccc(Cl)cc1. The maximum atomic E-state index is 11.4. The molecule has 1 saturated heterocycles. The molecule has 0 saturated carbocycles. The van der Waals surface area contributed by atoms with Crippen LogP contribution in [0.15, 0.2) is 54.6 Å². The fraction of sp³-hybridized carbons (Fsp3) is 0.188. The molecule has 0 aliphatic carbocycles. The minimum Gasteiger partial charge on any atom is -0.366 e. The van der Waals surface area contributed by atoms with Crippen molar-refractivity contribution in [3.63, 3.8) is 0 Å². The number of para-hydroxylation sites is 1. The van der Waals surface area contributed by atoms with Crippen LogP contribution in [0.1, 0.15) is 12.5 Å². The molecule has 5 heteroatoms. The fourth-order valence-electron chi connectivity index (χ4n) is 2.55. The first-order valence-electron chi connectivity index (χ1n) is 6.58. The predicted octanol–water partition coefficient (Wildman–Crippen LogP) is 4.41. The summed E-state index contributed by atoms with van der Waals surface area (Å²) in [5, 5.41) is 12.0. The van der Waals surface area contributed by atoms with E-state index in [4.69, 9.17) is 23.8 Å². The van der Waals surface area contributed by atoms with Crippen molar-refractivity contribution >= 4 is 45.6 Å². The van der Waals surface area contributed by atoms with Crippen LogP contribution in [0.5, 0.6) is 0 Å². The van der Waals surface area contributed by atoms with E-state index in [1.54, 1.807) is 12.1 Å². The van der Waals surface area contributed by atoms with Crippen LogP contribution in [0.25, 0.3) is 0 Å². The highest BCUT2D eigenvalue weighted by atomic mass is 35.5. The molecular weight excluding hydrogens is 322 g/mol. The van der Waals surface area contributed by atoms with Crippen LogP contribution in [0.2, 0.25) is 5.02 Å². The molecule has 0 radical (unpaired) electrons. The summed E-state index contributed by atoms with van der Waals surface area (Å²) < 4.78 is 0.672. The van der Waals surface area contributed by atoms with Crippen LogP contribution in [-0.2, 0) is 5.72 Å². The molecule has 1 fully saturated rings. The molecule has 0 amide bonds. The molecule has 0 bridgehead atoms. The van der Waals surface area contributed by atoms with E-state index >= 15 is 0 Å². The van der Waals surface area contributed by atoms with Gasteiger partial charge in [0, 0.05) is 16.3 Å². The van der Waals surface area contributed by atoms with Crippen molar-refractivity contribution < 1.29 is 5.11 Å². The Hall–Kier alpha value is -1.07. The Balaban J connectivity index is 2.12. The quantitative estimate of drug-likeness (QED) is 0.821. The van der Waals surface area contributed by atoms with Crippen molar-refractivity contribution in [3.05, 3.63) is 65.2 Å². The van der Waals surface area contributed by atoms with E-state index in [0.29, 0.717) is 9.34 Å². The van der Waals surface area contributed by atoms with Crippen LogP contribution < -0.4 is 4.90 Å². The normalized spacial score (nSPS) is 25.4. The van der Waals surface area contributed by atoms with Crippen LogP contribution in [0.3, 0.4) is 0 Å². The standard InChI is InChI=1S/C16H14ClNOS2/c1-11-16(19,12-7-9-13(17)10-8-12)18(15(20)21-11)14-5-3-2-4-6-14/h2-11,19H,1H3. The Kier molecular flexibility index (Phi) is 3.97. The number of thioether (sulfide) groups is 1. The molecule has 2 unspecified atom stereocenters. The maximum absolute atomic E-state index is 11.4. The third-order valence-corrected chi connectivity index (χ3v) is 5.44. The van der Waals surface area contributed by atoms with E-state index < -0.39 is 5.72 Å². The van der Waals surface area contributed by atoms with Gasteiger partial charge in [-0.2, -0.15) is 0 Å². The first-order valence-corrected chi connectivity index (χ1v) is 8.24. The Bertz CT molecular complexity index is 662. The number of nitrogens with zero attached hydrogens (tertiary/aromatic N) is 1. The largest absolute Gasteiger partial charge is 0.366 e. The lowest BCUT2D eigenvalue weighted by molar-refractivity contribution is 0.0534. The van der Waals surface area contributed by atoms with E-state index in [2.05, 4.69) is 0 Å². The van der Waals surface area contributed by atoms with Gasteiger partial charge in [0.2, 0.25) is 0 Å². The Morgan fingerprint density at radius 3 is 2.38 bits per heavy atom. The van der Waals surface area contributed by atoms with Crippen molar-refractivity contribution in [2.45, 2.75) is 17.9 Å². The first kappa shape index (κ1) is 14.9. The van der Waals surface area contributed by atoms with Gasteiger partial charge in [-0.1, -0.05) is 65.9 Å². The van der Waals surface area contributed by atoms with Gasteiger partial charge in [-0.3, -0.25) is 4.90 Å². The minimum atomic E-state index is -1.17. The fourth-order valence-corrected chi connectivity index (χ4v) is 4.41. The monoisotopic (exact) mass is 335 g/mol. The number of hydrogen-bond donors (Lipinski definition) is 1. The van der Waals surface area contributed by atoms with Gasteiger partial charge in [0.1, 0.15) is 4.32 Å². The summed E-state index contributed by atoms with van der Waals surface area (Å²) in [6.07, 6.45) is 0. The second kappa shape index (κ2) is 5.61. The lowest BCUT2D eigenvalue weighted by atomic mass is 9.97. The highest BCUT2D eigenvalue weighted by Gasteiger charge is 2.50. The summed E-state index contributed by atoms with van der Waals surface area (Å²) >= 11 is 12.9. The summed E-state index contributed by atoms with van der Waals surface area (Å²) in [7, 11) is 0. The van der Waals surface area contributed by atoms with E-state index in [1.807, 2.05) is 54.3 Å². The van der Waals surface area contributed by atoms with Crippen LogP contribution in [-0.4, -0.2) is 14.7 Å². The third-order valence-electron chi connectivity index (χ3n) is 3.65. The average Bonchev–Trinajstić information content (AvgIpc) is 2.71. The third kappa shape index (κ3) is 2.46. The summed E-state index contributed by atoms with van der Waals surface area (Å²) in [6.45, 7) is 1.98. The molecule has 2 aromatic carbocycles. The van der Waals surface area contributed by atoms with Crippen LogP contribution >= 0.6 is 35.6 Å². The molecular formula is C16H14ClNOS2. The maximum Gasteiger partial charge on any atom is 0.181 e. The molecule has 1 N–H and O–H groups in total. The van der Waals surface area contributed by atoms with E-state index in [9.17, 15) is 5.11 Å². The van der Waals surface area contributed by atoms with Crippen molar-refractivity contribution in [2.24, 2.45) is 0 Å². The number of thiocarbonyl (C=S) groups is 1. The molecule has 2 nitrogen and oxygen atoms in total. The molecule has 108 valence electrons. The lowest BCUT2D eigenvalue weighted by Crippen LogP contribution is -2.47. The van der Waals surface area contributed by atoms with Crippen molar-refractivity contribution in [3.8, 4) is 0 Å². The van der Waals surface area contributed by atoms with Gasteiger partial charge < -0.3 is 5.11 Å². The highest BCUT2D eigenvalue weighted by molar-refractivity contribution is 8.24. The van der Waals surface area contributed by atoms with E-state index in [-0.39, 0.29) is 5.25 Å². The van der Waals surface area contributed by atoms with Crippen molar-refractivity contribution in [1.82, 2.24) is 0 Å². The second-order valence-electron chi connectivity index (χ2n) is 4.93. The summed E-state index contributed by atoms with van der Waals surface area (Å²) in [5.74, 6) is 0. The molecule has 3 rings (SSSR count). The number of benzene rings is 2. The van der Waals surface area contributed by atoms with Gasteiger partial charge in [-0.05, 0) is 31.2 Å². The first-order chi connectivity index (χ1) is 10.0. The summed E-state index contributed by atoms with van der Waals surface area (Å²) in [5.41, 5.74) is 0.501. The van der Waals surface area contributed by atoms with Gasteiger partial charge in [-0.25, -0.2) is 0 Å². The molecule has 1 aliphatic rings. The van der Waals surface area contributed by atoms with Crippen molar-refractivity contribution in [2.75, 3.05) is 4.90 Å². The zero-order valence-corrected chi connectivity index (χ0v) is 13.8. The van der Waals surface area contributed by atoms with E-state index in [1.165, 1.54) is 11.8 Å². The van der Waals surface area contributed by atoms with Gasteiger partial charge in [0.15, 0.2) is 5.72 Å². The van der Waals surface area contributed by atoms with E-state index in [0.717, 1.165) is 11.3 Å². The number of anilines is 1. The zero-order valence-electron chi connectivity index (χ0n) is 11.4. The molecule has 2 aromatic rings. The number of rotatable bonds is 2.